The smallest absolute Gasteiger partial charge is 0.319 e. The van der Waals surface area contributed by atoms with Gasteiger partial charge >= 0.3 is 6.03 Å². The van der Waals surface area contributed by atoms with Crippen LogP contribution >= 0.6 is 11.8 Å². The molecule has 0 saturated heterocycles. The molecule has 2 aromatic rings. The first-order chi connectivity index (χ1) is 10.9. The molecule has 0 saturated carbocycles. The van der Waals surface area contributed by atoms with Gasteiger partial charge in [-0.1, -0.05) is 6.07 Å². The third-order valence-corrected chi connectivity index (χ3v) is 4.93. The van der Waals surface area contributed by atoms with Crippen LogP contribution < -0.4 is 10.6 Å². The van der Waals surface area contributed by atoms with Gasteiger partial charge in [-0.3, -0.25) is 0 Å². The number of hydrogen-bond donors (Lipinski definition) is 3. The summed E-state index contributed by atoms with van der Waals surface area (Å²) in [5.41, 5.74) is 1.25. The first-order valence-corrected chi connectivity index (χ1v) is 9.58. The molecule has 0 aliphatic heterocycles. The van der Waals surface area contributed by atoms with E-state index < -0.39 is 9.84 Å². The lowest BCUT2D eigenvalue weighted by Crippen LogP contribution is -2.30. The Bertz CT molecular complexity index is 775. The fourth-order valence-electron chi connectivity index (χ4n) is 1.71. The summed E-state index contributed by atoms with van der Waals surface area (Å²) in [5.74, 6) is 0.641. The Balaban J connectivity index is 1.87. The van der Waals surface area contributed by atoms with Crippen LogP contribution in [0.1, 0.15) is 5.56 Å². The van der Waals surface area contributed by atoms with Gasteiger partial charge in [-0.15, -0.1) is 16.9 Å². The van der Waals surface area contributed by atoms with Crippen LogP contribution in [-0.2, 0) is 9.84 Å². The van der Waals surface area contributed by atoms with Gasteiger partial charge in [-0.25, -0.2) is 13.2 Å². The van der Waals surface area contributed by atoms with Crippen molar-refractivity contribution in [2.24, 2.45) is 0 Å². The van der Waals surface area contributed by atoms with E-state index >= 15 is 0 Å². The van der Waals surface area contributed by atoms with E-state index in [0.717, 1.165) is 16.8 Å². The molecule has 1 aromatic carbocycles. The number of rotatable bonds is 6. The van der Waals surface area contributed by atoms with E-state index in [4.69, 9.17) is 0 Å². The van der Waals surface area contributed by atoms with Gasteiger partial charge in [-0.05, 0) is 24.6 Å². The zero-order valence-electron chi connectivity index (χ0n) is 12.7. The topological polar surface area (TPSA) is 117 Å². The maximum Gasteiger partial charge on any atom is 0.319 e. The van der Waals surface area contributed by atoms with Gasteiger partial charge in [0.15, 0.2) is 9.84 Å². The van der Waals surface area contributed by atoms with Gasteiger partial charge in [0, 0.05) is 24.2 Å². The van der Waals surface area contributed by atoms with Crippen molar-refractivity contribution in [3.05, 3.63) is 30.0 Å². The summed E-state index contributed by atoms with van der Waals surface area (Å²) < 4.78 is 23.1. The van der Waals surface area contributed by atoms with Crippen molar-refractivity contribution in [3.63, 3.8) is 0 Å². The number of aromatic amines is 1. The van der Waals surface area contributed by atoms with E-state index in [1.807, 2.05) is 0 Å². The first kappa shape index (κ1) is 17.3. The van der Waals surface area contributed by atoms with Crippen molar-refractivity contribution < 1.29 is 13.2 Å². The largest absolute Gasteiger partial charge is 0.337 e. The molecule has 0 fully saturated rings. The van der Waals surface area contributed by atoms with Crippen molar-refractivity contribution >= 4 is 33.3 Å². The summed E-state index contributed by atoms with van der Waals surface area (Å²) in [6, 6.07) is 4.24. The summed E-state index contributed by atoms with van der Waals surface area (Å²) in [5, 5.41) is 16.2. The Morgan fingerprint density at radius 1 is 1.39 bits per heavy atom. The lowest BCUT2D eigenvalue weighted by Gasteiger charge is -2.11. The Morgan fingerprint density at radius 3 is 2.83 bits per heavy atom. The van der Waals surface area contributed by atoms with Crippen molar-refractivity contribution in [1.82, 2.24) is 20.7 Å². The predicted molar refractivity (Wildman–Crippen MR) is 88.4 cm³/mol. The molecule has 0 spiro atoms. The Hall–Kier alpha value is -2.07. The lowest BCUT2D eigenvalue weighted by atomic mass is 10.2. The molecular weight excluding hydrogens is 338 g/mol. The molecule has 1 aromatic heterocycles. The Morgan fingerprint density at radius 2 is 2.17 bits per heavy atom. The SMILES string of the molecule is Cc1ccc(S(C)(=O)=O)cc1NC(=O)NCCSc1cn[nH]n1. The number of nitrogens with zero attached hydrogens (tertiary/aromatic N) is 2. The van der Waals surface area contributed by atoms with Crippen LogP contribution in [0, 0.1) is 6.92 Å². The number of thioether (sulfide) groups is 1. The number of sulfone groups is 1. The zero-order chi connectivity index (χ0) is 16.9. The molecule has 0 bridgehead atoms. The van der Waals surface area contributed by atoms with Crippen molar-refractivity contribution in [3.8, 4) is 0 Å². The van der Waals surface area contributed by atoms with E-state index in [9.17, 15) is 13.2 Å². The summed E-state index contributed by atoms with van der Waals surface area (Å²) in [7, 11) is -3.31. The minimum absolute atomic E-state index is 0.167. The molecule has 8 nitrogen and oxygen atoms in total. The molecule has 124 valence electrons. The van der Waals surface area contributed by atoms with E-state index in [2.05, 4.69) is 26.0 Å². The molecule has 0 radical (unpaired) electrons. The van der Waals surface area contributed by atoms with Crippen LogP contribution in [0.25, 0.3) is 0 Å². The Labute approximate surface area is 138 Å². The zero-order valence-corrected chi connectivity index (χ0v) is 14.3. The fourth-order valence-corrected chi connectivity index (χ4v) is 3.01. The number of carbonyl (C=O) groups is 1. The van der Waals surface area contributed by atoms with Crippen molar-refractivity contribution in [2.75, 3.05) is 23.9 Å². The molecule has 0 aliphatic carbocycles. The number of anilines is 1. The summed E-state index contributed by atoms with van der Waals surface area (Å²) >= 11 is 1.46. The molecule has 1 heterocycles. The van der Waals surface area contributed by atoms with Gasteiger partial charge in [0.25, 0.3) is 0 Å². The first-order valence-electron chi connectivity index (χ1n) is 6.70. The van der Waals surface area contributed by atoms with Gasteiger partial charge in [0.05, 0.1) is 11.1 Å². The highest BCUT2D eigenvalue weighted by molar-refractivity contribution is 7.99. The molecule has 2 amide bonds. The third-order valence-electron chi connectivity index (χ3n) is 2.92. The highest BCUT2D eigenvalue weighted by atomic mass is 32.2. The average molecular weight is 355 g/mol. The van der Waals surface area contributed by atoms with Crippen LogP contribution in [0.4, 0.5) is 10.5 Å². The monoisotopic (exact) mass is 355 g/mol. The number of aromatic nitrogens is 3. The van der Waals surface area contributed by atoms with Crippen molar-refractivity contribution in [1.29, 1.82) is 0 Å². The number of carbonyl (C=O) groups excluding carboxylic acids is 1. The van der Waals surface area contributed by atoms with Crippen LogP contribution in [-0.4, -0.2) is 48.4 Å². The van der Waals surface area contributed by atoms with Crippen LogP contribution in [0.3, 0.4) is 0 Å². The molecule has 0 atom stereocenters. The molecule has 10 heteroatoms. The predicted octanol–water partition coefficient (Wildman–Crippen LogP) is 1.43. The molecule has 2 rings (SSSR count). The number of aryl methyl sites for hydroxylation is 1. The van der Waals surface area contributed by atoms with Gasteiger partial charge < -0.3 is 10.6 Å². The normalized spacial score (nSPS) is 11.2. The lowest BCUT2D eigenvalue weighted by molar-refractivity contribution is 0.252. The number of nitrogens with one attached hydrogen (secondary N) is 3. The molecule has 3 N–H and O–H groups in total. The van der Waals surface area contributed by atoms with Gasteiger partial charge in [-0.2, -0.15) is 10.3 Å². The summed E-state index contributed by atoms with van der Waals surface area (Å²) in [4.78, 5) is 12.0. The second-order valence-corrected chi connectivity index (χ2v) is 7.92. The summed E-state index contributed by atoms with van der Waals surface area (Å²) in [6.45, 7) is 2.23. The maximum atomic E-state index is 11.9. The van der Waals surface area contributed by atoms with Crippen LogP contribution in [0.15, 0.2) is 34.3 Å². The number of amides is 2. The van der Waals surface area contributed by atoms with Gasteiger partial charge in [0.2, 0.25) is 0 Å². The second-order valence-electron chi connectivity index (χ2n) is 4.79. The number of hydrogen-bond acceptors (Lipinski definition) is 6. The van der Waals surface area contributed by atoms with E-state index in [1.165, 1.54) is 23.9 Å². The molecule has 23 heavy (non-hydrogen) atoms. The molecular formula is C13H17N5O3S2. The maximum absolute atomic E-state index is 11.9. The quantitative estimate of drug-likeness (QED) is 0.533. The van der Waals surface area contributed by atoms with E-state index in [0.29, 0.717) is 18.0 Å². The standard InChI is InChI=1S/C13H17N5O3S2/c1-9-3-4-10(23(2,20)21)7-11(9)16-13(19)14-5-6-22-12-8-15-18-17-12/h3-4,7-8H,5-6H2,1-2H3,(H2,14,16,19)(H,15,17,18). The minimum atomic E-state index is -3.31. The van der Waals surface area contributed by atoms with E-state index in [1.54, 1.807) is 19.2 Å². The average Bonchev–Trinajstić information content (AvgIpc) is 2.98. The minimum Gasteiger partial charge on any atom is -0.337 e. The van der Waals surface area contributed by atoms with Crippen molar-refractivity contribution in [2.45, 2.75) is 16.8 Å². The highest BCUT2D eigenvalue weighted by Gasteiger charge is 2.11. The highest BCUT2D eigenvalue weighted by Crippen LogP contribution is 2.20. The van der Waals surface area contributed by atoms with Gasteiger partial charge in [0.1, 0.15) is 5.03 Å². The number of H-pyrrole nitrogens is 1. The van der Waals surface area contributed by atoms with E-state index in [-0.39, 0.29) is 10.9 Å². The van der Waals surface area contributed by atoms with Crippen LogP contribution in [0.5, 0.6) is 0 Å². The third kappa shape index (κ3) is 5.25. The number of urea groups is 1. The second kappa shape index (κ2) is 7.47. The number of benzene rings is 1. The Kier molecular flexibility index (Phi) is 5.61. The van der Waals surface area contributed by atoms with Crippen LogP contribution in [0.2, 0.25) is 0 Å². The molecule has 0 aliphatic rings. The summed E-state index contributed by atoms with van der Waals surface area (Å²) in [6.07, 6.45) is 2.73. The fraction of sp³-hybridized carbons (Fsp3) is 0.308. The molecule has 0 unspecified atom stereocenters.